The number of nitrogens with zero attached hydrogens (tertiary/aromatic N) is 4. The highest BCUT2D eigenvalue weighted by Gasteiger charge is 2.38. The summed E-state index contributed by atoms with van der Waals surface area (Å²) in [7, 11) is 0. The molecule has 1 saturated heterocycles. The van der Waals surface area contributed by atoms with E-state index in [-0.39, 0.29) is 12.1 Å². The molecule has 1 unspecified atom stereocenters. The van der Waals surface area contributed by atoms with Crippen molar-refractivity contribution in [3.8, 4) is 5.69 Å². The minimum Gasteiger partial charge on any atom is -0.394 e. The van der Waals surface area contributed by atoms with Gasteiger partial charge in [0.15, 0.2) is 0 Å². The zero-order chi connectivity index (χ0) is 15.6. The van der Waals surface area contributed by atoms with Crippen LogP contribution in [-0.2, 0) is 6.54 Å². The van der Waals surface area contributed by atoms with Crippen molar-refractivity contribution in [2.45, 2.75) is 38.3 Å². The highest BCUT2D eigenvalue weighted by molar-refractivity contribution is 6.30. The molecule has 1 aliphatic heterocycles. The number of hydrogen-bond donors (Lipinski definition) is 1. The molecule has 118 valence electrons. The van der Waals surface area contributed by atoms with Gasteiger partial charge in [-0.25, -0.2) is 4.68 Å². The fourth-order valence-corrected chi connectivity index (χ4v) is 3.34. The van der Waals surface area contributed by atoms with Gasteiger partial charge in [0.25, 0.3) is 0 Å². The molecule has 1 atom stereocenters. The van der Waals surface area contributed by atoms with Crippen molar-refractivity contribution < 1.29 is 5.11 Å². The number of benzene rings is 1. The van der Waals surface area contributed by atoms with Gasteiger partial charge in [0, 0.05) is 17.1 Å². The summed E-state index contributed by atoms with van der Waals surface area (Å²) in [6.45, 7) is 4.07. The van der Waals surface area contributed by atoms with E-state index in [1.54, 1.807) is 4.68 Å². The van der Waals surface area contributed by atoms with E-state index in [0.29, 0.717) is 5.02 Å². The molecule has 1 aliphatic rings. The highest BCUT2D eigenvalue weighted by Crippen LogP contribution is 2.33. The van der Waals surface area contributed by atoms with Crippen LogP contribution in [0.15, 0.2) is 30.5 Å². The smallest absolute Gasteiger partial charge is 0.0972 e. The van der Waals surface area contributed by atoms with E-state index in [9.17, 15) is 5.11 Å². The summed E-state index contributed by atoms with van der Waals surface area (Å²) in [6.07, 6.45) is 5.07. The first-order valence-electron chi connectivity index (χ1n) is 7.70. The summed E-state index contributed by atoms with van der Waals surface area (Å²) >= 11 is 5.91. The number of aliphatic hydroxyl groups is 1. The van der Waals surface area contributed by atoms with E-state index >= 15 is 0 Å². The fraction of sp³-hybridized carbons (Fsp3) is 0.500. The highest BCUT2D eigenvalue weighted by atomic mass is 35.5. The second-order valence-electron chi connectivity index (χ2n) is 5.89. The Hall–Kier alpha value is -1.43. The van der Waals surface area contributed by atoms with Gasteiger partial charge in [0.1, 0.15) is 0 Å². The molecule has 5 nitrogen and oxygen atoms in total. The normalized spacial score (nSPS) is 22.3. The van der Waals surface area contributed by atoms with E-state index in [4.69, 9.17) is 11.6 Å². The Morgan fingerprint density at radius 3 is 2.77 bits per heavy atom. The molecule has 2 aromatic rings. The lowest BCUT2D eigenvalue weighted by Gasteiger charge is -2.35. The standard InChI is InChI=1S/C16H21ClN4O/c1-2-16(12-22)8-3-9-20(16)10-14-11-21(19-18-14)15-6-4-13(17)5-7-15/h4-7,11,22H,2-3,8-10,12H2,1H3. The maximum atomic E-state index is 9.78. The Morgan fingerprint density at radius 1 is 1.32 bits per heavy atom. The lowest BCUT2D eigenvalue weighted by atomic mass is 9.94. The monoisotopic (exact) mass is 320 g/mol. The maximum Gasteiger partial charge on any atom is 0.0972 e. The fourth-order valence-electron chi connectivity index (χ4n) is 3.22. The predicted molar refractivity (Wildman–Crippen MR) is 86.1 cm³/mol. The molecule has 1 aromatic carbocycles. The minimum absolute atomic E-state index is 0.0932. The topological polar surface area (TPSA) is 54.2 Å². The number of aliphatic hydroxyl groups excluding tert-OH is 1. The van der Waals surface area contributed by atoms with Gasteiger partial charge in [-0.2, -0.15) is 0 Å². The van der Waals surface area contributed by atoms with Crippen molar-refractivity contribution in [3.05, 3.63) is 41.2 Å². The van der Waals surface area contributed by atoms with Crippen molar-refractivity contribution in [1.29, 1.82) is 0 Å². The number of hydrogen-bond acceptors (Lipinski definition) is 4. The summed E-state index contributed by atoms with van der Waals surface area (Å²) < 4.78 is 1.76. The summed E-state index contributed by atoms with van der Waals surface area (Å²) in [6, 6.07) is 7.51. The van der Waals surface area contributed by atoms with Crippen LogP contribution in [0, 0.1) is 0 Å². The van der Waals surface area contributed by atoms with Gasteiger partial charge in [0.2, 0.25) is 0 Å². The zero-order valence-corrected chi connectivity index (χ0v) is 13.5. The maximum absolute atomic E-state index is 9.78. The summed E-state index contributed by atoms with van der Waals surface area (Å²) in [5, 5.41) is 18.9. The molecule has 0 bridgehead atoms. The third kappa shape index (κ3) is 2.89. The van der Waals surface area contributed by atoms with E-state index in [0.717, 1.165) is 43.7 Å². The third-order valence-electron chi connectivity index (χ3n) is 4.68. The zero-order valence-electron chi connectivity index (χ0n) is 12.7. The molecule has 0 spiro atoms. The van der Waals surface area contributed by atoms with E-state index in [1.807, 2.05) is 30.5 Å². The molecule has 0 saturated carbocycles. The Morgan fingerprint density at radius 2 is 2.09 bits per heavy atom. The first-order valence-corrected chi connectivity index (χ1v) is 8.08. The Balaban J connectivity index is 1.75. The molecule has 6 heteroatoms. The summed E-state index contributed by atoms with van der Waals surface area (Å²) in [5.74, 6) is 0. The van der Waals surface area contributed by atoms with Crippen LogP contribution < -0.4 is 0 Å². The van der Waals surface area contributed by atoms with Crippen LogP contribution in [0.1, 0.15) is 31.9 Å². The Bertz CT molecular complexity index is 621. The molecule has 0 radical (unpaired) electrons. The molecule has 0 amide bonds. The van der Waals surface area contributed by atoms with Gasteiger partial charge >= 0.3 is 0 Å². The molecule has 0 aliphatic carbocycles. The average molecular weight is 321 g/mol. The SMILES string of the molecule is CCC1(CO)CCCN1Cc1cn(-c2ccc(Cl)cc2)nn1. The van der Waals surface area contributed by atoms with Crippen molar-refractivity contribution >= 4 is 11.6 Å². The number of aromatic nitrogens is 3. The van der Waals surface area contributed by atoms with Gasteiger partial charge in [-0.05, 0) is 50.1 Å². The largest absolute Gasteiger partial charge is 0.394 e. The minimum atomic E-state index is -0.0932. The average Bonchev–Trinajstić information content (AvgIpc) is 3.16. The molecule has 22 heavy (non-hydrogen) atoms. The number of likely N-dealkylation sites (tertiary alicyclic amines) is 1. The second kappa shape index (κ2) is 6.36. The van der Waals surface area contributed by atoms with E-state index < -0.39 is 0 Å². The summed E-state index contributed by atoms with van der Waals surface area (Å²) in [4.78, 5) is 2.34. The van der Waals surface area contributed by atoms with Crippen LogP contribution in [0.4, 0.5) is 0 Å². The molecule has 1 N–H and O–H groups in total. The summed E-state index contributed by atoms with van der Waals surface area (Å²) in [5.41, 5.74) is 1.76. The van der Waals surface area contributed by atoms with Crippen LogP contribution in [0.25, 0.3) is 5.69 Å². The lowest BCUT2D eigenvalue weighted by Crippen LogP contribution is -2.46. The van der Waals surface area contributed by atoms with E-state index in [1.165, 1.54) is 0 Å². The van der Waals surface area contributed by atoms with Gasteiger partial charge in [-0.1, -0.05) is 23.7 Å². The van der Waals surface area contributed by atoms with Crippen molar-refractivity contribution in [3.63, 3.8) is 0 Å². The van der Waals surface area contributed by atoms with Crippen LogP contribution in [0.3, 0.4) is 0 Å². The van der Waals surface area contributed by atoms with Gasteiger partial charge in [-0.3, -0.25) is 4.90 Å². The Labute approximate surface area is 135 Å². The molecular formula is C16H21ClN4O. The first-order chi connectivity index (χ1) is 10.7. The predicted octanol–water partition coefficient (Wildman–Crippen LogP) is 2.66. The van der Waals surface area contributed by atoms with Gasteiger partial charge in [0.05, 0.1) is 24.2 Å². The molecule has 2 heterocycles. The molecule has 1 fully saturated rings. The number of halogens is 1. The number of rotatable bonds is 5. The van der Waals surface area contributed by atoms with Crippen molar-refractivity contribution in [2.24, 2.45) is 0 Å². The van der Waals surface area contributed by atoms with Crippen molar-refractivity contribution in [1.82, 2.24) is 19.9 Å². The quantitative estimate of drug-likeness (QED) is 0.920. The van der Waals surface area contributed by atoms with Crippen molar-refractivity contribution in [2.75, 3.05) is 13.2 Å². The third-order valence-corrected chi connectivity index (χ3v) is 4.93. The molecule has 3 rings (SSSR count). The van der Waals surface area contributed by atoms with Gasteiger partial charge in [-0.15, -0.1) is 5.10 Å². The van der Waals surface area contributed by atoms with Crippen LogP contribution in [0.2, 0.25) is 5.02 Å². The Kier molecular flexibility index (Phi) is 4.47. The second-order valence-corrected chi connectivity index (χ2v) is 6.33. The van der Waals surface area contributed by atoms with Gasteiger partial charge < -0.3 is 5.11 Å². The first kappa shape index (κ1) is 15.5. The van der Waals surface area contributed by atoms with Crippen LogP contribution >= 0.6 is 11.6 Å². The van der Waals surface area contributed by atoms with E-state index in [2.05, 4.69) is 22.1 Å². The van der Waals surface area contributed by atoms with Crippen LogP contribution in [0.5, 0.6) is 0 Å². The van der Waals surface area contributed by atoms with Crippen LogP contribution in [-0.4, -0.2) is 43.7 Å². The molecular weight excluding hydrogens is 300 g/mol. The molecule has 1 aromatic heterocycles. The lowest BCUT2D eigenvalue weighted by molar-refractivity contribution is 0.0540.